The third-order valence-electron chi connectivity index (χ3n) is 4.42. The van der Waals surface area contributed by atoms with Gasteiger partial charge in [0.05, 0.1) is 5.52 Å². The monoisotopic (exact) mass is 307 g/mol. The topological polar surface area (TPSA) is 66.8 Å². The summed E-state index contributed by atoms with van der Waals surface area (Å²) in [6.07, 6.45) is 11.7. The number of nitrogens with zero attached hydrogens (tertiary/aromatic N) is 4. The number of hydrogen-bond acceptors (Lipinski definition) is 4. The maximum absolute atomic E-state index is 4.84. The minimum Gasteiger partial charge on any atom is -0.297 e. The molecule has 0 amide bonds. The van der Waals surface area contributed by atoms with Crippen molar-refractivity contribution in [1.82, 2.24) is 20.2 Å². The van der Waals surface area contributed by atoms with Crippen LogP contribution in [0.2, 0.25) is 0 Å². The molecule has 0 unspecified atom stereocenters. The summed E-state index contributed by atoms with van der Waals surface area (Å²) in [5.41, 5.74) is 4.35. The summed E-state index contributed by atoms with van der Waals surface area (Å²) in [7, 11) is 3.75. The smallest absolute Gasteiger partial charge is 0.167 e. The lowest BCUT2D eigenvalue weighted by atomic mass is 9.88. The normalized spacial score (nSPS) is 16.7. The molecule has 1 aliphatic carbocycles. The van der Waals surface area contributed by atoms with E-state index in [4.69, 9.17) is 9.97 Å². The SMILES string of the molecule is Bc1nc(C2CCCCC2)nc2c(C(=C)/C=C\C=N/C)n[nH]c12. The van der Waals surface area contributed by atoms with Gasteiger partial charge in [0.25, 0.3) is 0 Å². The Kier molecular flexibility index (Phi) is 4.69. The lowest BCUT2D eigenvalue weighted by Gasteiger charge is -2.20. The molecular weight excluding hydrogens is 285 g/mol. The third-order valence-corrected chi connectivity index (χ3v) is 4.42. The summed E-state index contributed by atoms with van der Waals surface area (Å²) < 4.78 is 0. The molecule has 5 nitrogen and oxygen atoms in total. The Hall–Kier alpha value is -2.24. The molecule has 1 saturated carbocycles. The maximum Gasteiger partial charge on any atom is 0.167 e. The van der Waals surface area contributed by atoms with Crippen LogP contribution in [0, 0.1) is 0 Å². The molecule has 118 valence electrons. The molecular formula is C17H22BN5. The molecule has 0 aliphatic heterocycles. The number of aliphatic imine (C=N–C) groups is 1. The van der Waals surface area contributed by atoms with Crippen molar-refractivity contribution in [3.05, 3.63) is 30.2 Å². The average Bonchev–Trinajstić information content (AvgIpc) is 3.00. The van der Waals surface area contributed by atoms with Crippen LogP contribution in [0.25, 0.3) is 16.6 Å². The highest BCUT2D eigenvalue weighted by atomic mass is 15.1. The molecule has 2 aromatic heterocycles. The molecule has 23 heavy (non-hydrogen) atoms. The molecule has 2 heterocycles. The van der Waals surface area contributed by atoms with Crippen molar-refractivity contribution in [2.24, 2.45) is 4.99 Å². The van der Waals surface area contributed by atoms with Crippen molar-refractivity contribution in [2.75, 3.05) is 7.05 Å². The first-order valence-electron chi connectivity index (χ1n) is 8.21. The number of allylic oxidation sites excluding steroid dienone is 3. The molecule has 1 N–H and O–H groups in total. The summed E-state index contributed by atoms with van der Waals surface area (Å²) in [6, 6.07) is 0. The first kappa shape index (κ1) is 15.7. The zero-order chi connectivity index (χ0) is 16.2. The highest BCUT2D eigenvalue weighted by molar-refractivity contribution is 6.36. The van der Waals surface area contributed by atoms with E-state index in [1.807, 2.05) is 20.0 Å². The molecule has 2 aromatic rings. The fourth-order valence-corrected chi connectivity index (χ4v) is 3.16. The Morgan fingerprint density at radius 3 is 2.83 bits per heavy atom. The van der Waals surface area contributed by atoms with Crippen LogP contribution in [0.5, 0.6) is 0 Å². The van der Waals surface area contributed by atoms with E-state index in [1.165, 1.54) is 32.1 Å². The Morgan fingerprint density at radius 1 is 1.30 bits per heavy atom. The van der Waals surface area contributed by atoms with Gasteiger partial charge >= 0.3 is 0 Å². The molecule has 1 aliphatic rings. The molecule has 0 spiro atoms. The third kappa shape index (κ3) is 3.26. The lowest BCUT2D eigenvalue weighted by Crippen LogP contribution is -2.18. The lowest BCUT2D eigenvalue weighted by molar-refractivity contribution is 0.430. The fourth-order valence-electron chi connectivity index (χ4n) is 3.16. The fraction of sp³-hybridized carbons (Fsp3) is 0.412. The van der Waals surface area contributed by atoms with Crippen molar-refractivity contribution >= 4 is 36.3 Å². The van der Waals surface area contributed by atoms with Crippen LogP contribution in [0.15, 0.2) is 23.7 Å². The van der Waals surface area contributed by atoms with Gasteiger partial charge < -0.3 is 0 Å². The highest BCUT2D eigenvalue weighted by Crippen LogP contribution is 2.31. The second kappa shape index (κ2) is 6.90. The molecule has 0 atom stereocenters. The second-order valence-electron chi connectivity index (χ2n) is 6.09. The molecule has 6 heteroatoms. The van der Waals surface area contributed by atoms with Crippen LogP contribution >= 0.6 is 0 Å². The van der Waals surface area contributed by atoms with Crippen LogP contribution in [0.3, 0.4) is 0 Å². The minimum absolute atomic E-state index is 0.477. The Balaban J connectivity index is 2.00. The zero-order valence-corrected chi connectivity index (χ0v) is 13.8. The van der Waals surface area contributed by atoms with Crippen LogP contribution in [0.4, 0.5) is 0 Å². The van der Waals surface area contributed by atoms with Crippen molar-refractivity contribution in [2.45, 2.75) is 38.0 Å². The molecule has 3 rings (SSSR count). The Morgan fingerprint density at radius 2 is 2.09 bits per heavy atom. The van der Waals surface area contributed by atoms with E-state index in [-0.39, 0.29) is 0 Å². The van der Waals surface area contributed by atoms with Gasteiger partial charge in [0.15, 0.2) is 7.85 Å². The summed E-state index contributed by atoms with van der Waals surface area (Å²) >= 11 is 0. The summed E-state index contributed by atoms with van der Waals surface area (Å²) in [4.78, 5) is 13.5. The highest BCUT2D eigenvalue weighted by Gasteiger charge is 2.21. The molecule has 0 bridgehead atoms. The van der Waals surface area contributed by atoms with Crippen LogP contribution in [0.1, 0.15) is 49.5 Å². The summed E-state index contributed by atoms with van der Waals surface area (Å²) in [5, 5.41) is 7.45. The predicted octanol–water partition coefficient (Wildman–Crippen LogP) is 1.93. The van der Waals surface area contributed by atoms with E-state index >= 15 is 0 Å². The average molecular weight is 307 g/mol. The van der Waals surface area contributed by atoms with E-state index in [9.17, 15) is 0 Å². The van der Waals surface area contributed by atoms with E-state index in [0.29, 0.717) is 5.92 Å². The molecule has 0 radical (unpaired) electrons. The van der Waals surface area contributed by atoms with Gasteiger partial charge in [0, 0.05) is 24.8 Å². The van der Waals surface area contributed by atoms with Gasteiger partial charge in [-0.25, -0.2) is 9.97 Å². The van der Waals surface area contributed by atoms with Crippen molar-refractivity contribution in [1.29, 1.82) is 0 Å². The van der Waals surface area contributed by atoms with E-state index in [0.717, 1.165) is 33.7 Å². The first-order valence-corrected chi connectivity index (χ1v) is 8.21. The molecule has 1 fully saturated rings. The van der Waals surface area contributed by atoms with Crippen LogP contribution in [-0.2, 0) is 0 Å². The van der Waals surface area contributed by atoms with Gasteiger partial charge in [-0.15, -0.1) is 0 Å². The van der Waals surface area contributed by atoms with Crippen LogP contribution < -0.4 is 5.59 Å². The summed E-state index contributed by atoms with van der Waals surface area (Å²) in [6.45, 7) is 4.10. The van der Waals surface area contributed by atoms with E-state index in [2.05, 4.69) is 21.8 Å². The Bertz CT molecular complexity index is 769. The van der Waals surface area contributed by atoms with Crippen molar-refractivity contribution in [3.8, 4) is 0 Å². The molecule has 0 saturated heterocycles. The van der Waals surface area contributed by atoms with Gasteiger partial charge in [-0.1, -0.05) is 31.9 Å². The maximum atomic E-state index is 4.84. The quantitative estimate of drug-likeness (QED) is 0.533. The second-order valence-corrected chi connectivity index (χ2v) is 6.09. The number of rotatable bonds is 4. The van der Waals surface area contributed by atoms with Crippen molar-refractivity contribution < 1.29 is 0 Å². The van der Waals surface area contributed by atoms with Gasteiger partial charge in [0.1, 0.15) is 17.0 Å². The Labute approximate surface area is 137 Å². The van der Waals surface area contributed by atoms with Crippen LogP contribution in [-0.4, -0.2) is 41.3 Å². The number of H-pyrrole nitrogens is 1. The van der Waals surface area contributed by atoms with Crippen molar-refractivity contribution in [3.63, 3.8) is 0 Å². The zero-order valence-electron chi connectivity index (χ0n) is 13.8. The van der Waals surface area contributed by atoms with Gasteiger partial charge in [-0.05, 0) is 24.5 Å². The predicted molar refractivity (Wildman–Crippen MR) is 98.3 cm³/mol. The number of aromatic amines is 1. The minimum atomic E-state index is 0.477. The van der Waals surface area contributed by atoms with E-state index in [1.54, 1.807) is 13.3 Å². The van der Waals surface area contributed by atoms with Gasteiger partial charge in [-0.3, -0.25) is 10.1 Å². The van der Waals surface area contributed by atoms with Gasteiger partial charge in [0.2, 0.25) is 0 Å². The summed E-state index contributed by atoms with van der Waals surface area (Å²) in [5.74, 6) is 1.44. The number of nitrogens with one attached hydrogen (secondary N) is 1. The largest absolute Gasteiger partial charge is 0.297 e. The molecule has 0 aromatic carbocycles. The number of aromatic nitrogens is 4. The van der Waals surface area contributed by atoms with Gasteiger partial charge in [-0.2, -0.15) is 5.10 Å². The standard InChI is InChI=1S/C17H22BN5/c1-11(7-6-10-19-2)13-14-15(23-22-13)16(18)21-17(20-14)12-8-4-3-5-9-12/h6-7,10,12H,1,3-5,8-9,18H2,2H3,(H,22,23)/b7-6-,19-10-. The number of fused-ring (bicyclic) bond motifs is 1. The first-order chi connectivity index (χ1) is 11.2. The number of hydrogen-bond donors (Lipinski definition) is 1. The van der Waals surface area contributed by atoms with E-state index < -0.39 is 0 Å².